The van der Waals surface area contributed by atoms with Crippen LogP contribution in [0.1, 0.15) is 22.3 Å². The molecule has 0 saturated carbocycles. The van der Waals surface area contributed by atoms with Crippen LogP contribution in [-0.4, -0.2) is 22.8 Å². The molecule has 0 aliphatic carbocycles. The molecule has 0 atom stereocenters. The largest absolute Gasteiger partial charge is 0.478 e. The van der Waals surface area contributed by atoms with Gasteiger partial charge >= 0.3 is 5.97 Å². The third-order valence-corrected chi connectivity index (χ3v) is 3.66. The van der Waals surface area contributed by atoms with E-state index in [1.807, 2.05) is 0 Å². The topological polar surface area (TPSA) is 83.5 Å². The van der Waals surface area contributed by atoms with Gasteiger partial charge in [0.2, 0.25) is 5.91 Å². The van der Waals surface area contributed by atoms with Crippen molar-refractivity contribution in [1.82, 2.24) is 0 Å². The highest BCUT2D eigenvalue weighted by atomic mass is 35.5. The van der Waals surface area contributed by atoms with Crippen LogP contribution in [-0.2, 0) is 9.59 Å². The number of rotatable bonds is 7. The van der Waals surface area contributed by atoms with Crippen molar-refractivity contribution in [2.45, 2.75) is 6.42 Å². The molecule has 0 saturated heterocycles. The van der Waals surface area contributed by atoms with Gasteiger partial charge in [-0.3, -0.25) is 9.59 Å². The molecular weight excluding hydrogens is 354 g/mol. The third-order valence-electron chi connectivity index (χ3n) is 3.40. The SMILES string of the molecule is C=C(CC(=O)Nc1cccc(C(=O)C=Cc2ccc(Cl)cc2)c1)C(=O)O. The first-order valence-electron chi connectivity index (χ1n) is 7.64. The third kappa shape index (κ3) is 5.72. The summed E-state index contributed by atoms with van der Waals surface area (Å²) in [4.78, 5) is 34.8. The number of nitrogens with one attached hydrogen (secondary N) is 1. The average molecular weight is 370 g/mol. The Morgan fingerprint density at radius 2 is 1.81 bits per heavy atom. The van der Waals surface area contributed by atoms with Crippen molar-refractivity contribution in [3.8, 4) is 0 Å². The molecule has 0 fully saturated rings. The molecule has 26 heavy (non-hydrogen) atoms. The zero-order valence-electron chi connectivity index (χ0n) is 13.7. The average Bonchev–Trinajstić information content (AvgIpc) is 2.61. The number of benzene rings is 2. The van der Waals surface area contributed by atoms with E-state index in [-0.39, 0.29) is 17.8 Å². The van der Waals surface area contributed by atoms with Crippen molar-refractivity contribution >= 4 is 41.0 Å². The molecule has 0 unspecified atom stereocenters. The van der Waals surface area contributed by atoms with Gasteiger partial charge < -0.3 is 10.4 Å². The number of carboxylic acids is 1. The Kier molecular flexibility index (Phi) is 6.47. The molecule has 0 aliphatic heterocycles. The Bertz CT molecular complexity index is 885. The number of carboxylic acid groups (broad SMARTS) is 1. The first-order valence-corrected chi connectivity index (χ1v) is 8.02. The maximum Gasteiger partial charge on any atom is 0.331 e. The Morgan fingerprint density at radius 3 is 2.46 bits per heavy atom. The number of carbonyl (C=O) groups is 3. The normalized spacial score (nSPS) is 10.5. The number of hydrogen-bond acceptors (Lipinski definition) is 3. The number of aliphatic carboxylic acids is 1. The summed E-state index contributed by atoms with van der Waals surface area (Å²) in [7, 11) is 0. The highest BCUT2D eigenvalue weighted by Gasteiger charge is 2.11. The summed E-state index contributed by atoms with van der Waals surface area (Å²) in [6, 6.07) is 13.4. The van der Waals surface area contributed by atoms with Crippen LogP contribution in [0.25, 0.3) is 6.08 Å². The van der Waals surface area contributed by atoms with Gasteiger partial charge in [0.1, 0.15) is 0 Å². The molecule has 6 heteroatoms. The van der Waals surface area contributed by atoms with Gasteiger partial charge in [0.15, 0.2) is 5.78 Å². The van der Waals surface area contributed by atoms with Crippen LogP contribution < -0.4 is 5.32 Å². The zero-order valence-corrected chi connectivity index (χ0v) is 14.5. The lowest BCUT2D eigenvalue weighted by Gasteiger charge is -2.06. The first-order chi connectivity index (χ1) is 12.3. The molecule has 0 aliphatic rings. The molecule has 5 nitrogen and oxygen atoms in total. The zero-order chi connectivity index (χ0) is 19.1. The van der Waals surface area contributed by atoms with E-state index in [0.29, 0.717) is 16.3 Å². The van der Waals surface area contributed by atoms with Crippen LogP contribution in [0, 0.1) is 0 Å². The number of carbonyl (C=O) groups excluding carboxylic acids is 2. The number of anilines is 1. The van der Waals surface area contributed by atoms with Crippen LogP contribution >= 0.6 is 11.6 Å². The second-order valence-corrected chi connectivity index (χ2v) is 5.90. The second kappa shape index (κ2) is 8.78. The fraction of sp³-hybridized carbons (Fsp3) is 0.0500. The Hall–Kier alpha value is -3.18. The summed E-state index contributed by atoms with van der Waals surface area (Å²) in [5, 5.41) is 11.9. The summed E-state index contributed by atoms with van der Waals surface area (Å²) in [6.45, 7) is 3.31. The van der Waals surface area contributed by atoms with E-state index in [0.717, 1.165) is 5.56 Å². The molecule has 0 bridgehead atoms. The van der Waals surface area contributed by atoms with Crippen LogP contribution in [0.15, 0.2) is 66.8 Å². The van der Waals surface area contributed by atoms with Gasteiger partial charge in [-0.2, -0.15) is 0 Å². The summed E-state index contributed by atoms with van der Waals surface area (Å²) in [6.07, 6.45) is 2.77. The highest BCUT2D eigenvalue weighted by Crippen LogP contribution is 2.15. The number of halogens is 1. The Balaban J connectivity index is 2.04. The van der Waals surface area contributed by atoms with E-state index in [1.54, 1.807) is 48.5 Å². The molecule has 2 aromatic carbocycles. The fourth-order valence-electron chi connectivity index (χ4n) is 2.07. The van der Waals surface area contributed by atoms with Gasteiger partial charge in [-0.15, -0.1) is 0 Å². The van der Waals surface area contributed by atoms with Crippen molar-refractivity contribution in [2.24, 2.45) is 0 Å². The van der Waals surface area contributed by atoms with E-state index in [2.05, 4.69) is 11.9 Å². The van der Waals surface area contributed by atoms with Gasteiger partial charge in [0.25, 0.3) is 0 Å². The number of allylic oxidation sites excluding steroid dienone is 1. The van der Waals surface area contributed by atoms with Crippen molar-refractivity contribution < 1.29 is 19.5 Å². The Morgan fingerprint density at radius 1 is 1.12 bits per heavy atom. The predicted octanol–water partition coefficient (Wildman–Crippen LogP) is 4.21. The van der Waals surface area contributed by atoms with E-state index in [9.17, 15) is 14.4 Å². The molecule has 0 heterocycles. The van der Waals surface area contributed by atoms with E-state index >= 15 is 0 Å². The highest BCUT2D eigenvalue weighted by molar-refractivity contribution is 6.30. The lowest BCUT2D eigenvalue weighted by Crippen LogP contribution is -2.15. The van der Waals surface area contributed by atoms with Gasteiger partial charge in [0, 0.05) is 21.8 Å². The molecule has 0 aromatic heterocycles. The van der Waals surface area contributed by atoms with Crippen molar-refractivity contribution in [3.63, 3.8) is 0 Å². The quantitative estimate of drug-likeness (QED) is 0.565. The standard InChI is InChI=1S/C20H16ClNO4/c1-13(20(25)26)11-19(24)22-17-4-2-3-15(12-17)18(23)10-7-14-5-8-16(21)9-6-14/h2-10,12H,1,11H2,(H,22,24)(H,25,26). The van der Waals surface area contributed by atoms with Crippen LogP contribution in [0.2, 0.25) is 5.02 Å². The molecule has 1 amide bonds. The molecule has 132 valence electrons. The van der Waals surface area contributed by atoms with Crippen molar-refractivity contribution in [2.75, 3.05) is 5.32 Å². The molecule has 0 spiro atoms. The maximum atomic E-state index is 12.3. The first kappa shape index (κ1) is 19.1. The molecule has 2 N–H and O–H groups in total. The number of hydrogen-bond donors (Lipinski definition) is 2. The van der Waals surface area contributed by atoms with Gasteiger partial charge in [-0.1, -0.05) is 48.5 Å². The summed E-state index contributed by atoms with van der Waals surface area (Å²) < 4.78 is 0. The molecule has 2 aromatic rings. The minimum absolute atomic E-state index is 0.208. The molecule has 2 rings (SSSR count). The number of amides is 1. The number of ketones is 1. The lowest BCUT2D eigenvalue weighted by atomic mass is 10.1. The van der Waals surface area contributed by atoms with Gasteiger partial charge in [-0.25, -0.2) is 4.79 Å². The van der Waals surface area contributed by atoms with Crippen molar-refractivity contribution in [3.05, 3.63) is 82.9 Å². The maximum absolute atomic E-state index is 12.3. The summed E-state index contributed by atoms with van der Waals surface area (Å²) >= 11 is 5.81. The van der Waals surface area contributed by atoms with E-state index in [1.165, 1.54) is 12.1 Å². The van der Waals surface area contributed by atoms with Crippen LogP contribution in [0.3, 0.4) is 0 Å². The van der Waals surface area contributed by atoms with Crippen molar-refractivity contribution in [1.29, 1.82) is 0 Å². The molecular formula is C20H16ClNO4. The van der Waals surface area contributed by atoms with Crippen LogP contribution in [0.4, 0.5) is 5.69 Å². The van der Waals surface area contributed by atoms with E-state index < -0.39 is 11.9 Å². The monoisotopic (exact) mass is 369 g/mol. The smallest absolute Gasteiger partial charge is 0.331 e. The second-order valence-electron chi connectivity index (χ2n) is 5.46. The Labute approximate surface area is 155 Å². The predicted molar refractivity (Wildman–Crippen MR) is 101 cm³/mol. The van der Waals surface area contributed by atoms with Gasteiger partial charge in [0.05, 0.1) is 6.42 Å². The van der Waals surface area contributed by atoms with Crippen LogP contribution in [0.5, 0.6) is 0 Å². The molecule has 0 radical (unpaired) electrons. The van der Waals surface area contributed by atoms with Gasteiger partial charge in [-0.05, 0) is 35.9 Å². The fourth-order valence-corrected chi connectivity index (χ4v) is 2.19. The summed E-state index contributed by atoms with van der Waals surface area (Å²) in [5.74, 6) is -1.97. The van der Waals surface area contributed by atoms with E-state index in [4.69, 9.17) is 16.7 Å². The minimum Gasteiger partial charge on any atom is -0.478 e. The lowest BCUT2D eigenvalue weighted by molar-refractivity contribution is -0.133. The summed E-state index contributed by atoms with van der Waals surface area (Å²) in [5.41, 5.74) is 1.42. The minimum atomic E-state index is -1.23.